The molecule has 56 heavy (non-hydrogen) atoms. The summed E-state index contributed by atoms with van der Waals surface area (Å²) in [5.41, 5.74) is 8.16. The summed E-state index contributed by atoms with van der Waals surface area (Å²) < 4.78 is 0. The fourth-order valence-corrected chi connectivity index (χ4v) is 8.79. The molecule has 0 saturated heterocycles. The van der Waals surface area contributed by atoms with Crippen LogP contribution in [0.3, 0.4) is 0 Å². The van der Waals surface area contributed by atoms with E-state index < -0.39 is 0 Å². The number of hydrogen-bond donors (Lipinski definition) is 2. The van der Waals surface area contributed by atoms with E-state index in [1.165, 1.54) is 81.7 Å². The smallest absolute Gasteiger partial charge is 0.131 e. The van der Waals surface area contributed by atoms with Gasteiger partial charge in [-0.3, -0.25) is 5.32 Å². The summed E-state index contributed by atoms with van der Waals surface area (Å²) in [6, 6.07) is 72.5. The number of fused-ring (bicyclic) bond motifs is 7. The Bertz CT molecular complexity index is 3150. The summed E-state index contributed by atoms with van der Waals surface area (Å²) in [6.07, 6.45) is -0.461. The molecule has 11 rings (SSSR count). The van der Waals surface area contributed by atoms with Gasteiger partial charge in [-0.1, -0.05) is 188 Å². The number of nitrogens with zero attached hydrogens (tertiary/aromatic N) is 1. The third kappa shape index (κ3) is 5.52. The highest BCUT2D eigenvalue weighted by Crippen LogP contribution is 2.40. The van der Waals surface area contributed by atoms with Gasteiger partial charge >= 0.3 is 0 Å². The Balaban J connectivity index is 1.04. The van der Waals surface area contributed by atoms with Crippen LogP contribution >= 0.6 is 0 Å². The van der Waals surface area contributed by atoms with Gasteiger partial charge in [-0.15, -0.1) is 0 Å². The SMILES string of the molecule is c1ccc(-c2ccccc2C2NC(c3ccc(-c4c5ccccc5cc5c4ccc4ccccc45)cc3)=NC(c3ccc4c(ccc5ccccc54)c3)N2)cc1. The molecular weight excluding hydrogens is 679 g/mol. The first kappa shape index (κ1) is 32.4. The zero-order valence-electron chi connectivity index (χ0n) is 30.7. The molecule has 1 aliphatic heterocycles. The molecule has 264 valence electrons. The molecule has 0 aromatic heterocycles. The van der Waals surface area contributed by atoms with Crippen molar-refractivity contribution in [3.05, 3.63) is 217 Å². The predicted octanol–water partition coefficient (Wildman–Crippen LogP) is 13.1. The molecule has 10 aromatic carbocycles. The van der Waals surface area contributed by atoms with Gasteiger partial charge in [-0.25, -0.2) is 4.99 Å². The van der Waals surface area contributed by atoms with E-state index in [9.17, 15) is 0 Å². The molecule has 2 unspecified atom stereocenters. The van der Waals surface area contributed by atoms with Crippen LogP contribution < -0.4 is 10.6 Å². The largest absolute Gasteiger partial charge is 0.350 e. The molecule has 2 atom stereocenters. The Morgan fingerprint density at radius 2 is 0.946 bits per heavy atom. The van der Waals surface area contributed by atoms with Crippen molar-refractivity contribution in [2.75, 3.05) is 0 Å². The highest BCUT2D eigenvalue weighted by molar-refractivity contribution is 6.20. The quantitative estimate of drug-likeness (QED) is 0.137. The summed E-state index contributed by atoms with van der Waals surface area (Å²) in [6.45, 7) is 0. The van der Waals surface area contributed by atoms with Gasteiger partial charge in [0.15, 0.2) is 0 Å². The van der Waals surface area contributed by atoms with Gasteiger partial charge in [0.25, 0.3) is 0 Å². The number of hydrogen-bond acceptors (Lipinski definition) is 3. The Hall–Kier alpha value is -7.07. The topological polar surface area (TPSA) is 36.4 Å². The molecule has 0 amide bonds. The van der Waals surface area contributed by atoms with Crippen LogP contribution in [0.15, 0.2) is 205 Å². The first-order valence-corrected chi connectivity index (χ1v) is 19.4. The highest BCUT2D eigenvalue weighted by Gasteiger charge is 2.27. The minimum absolute atomic E-state index is 0.189. The Morgan fingerprint density at radius 3 is 1.75 bits per heavy atom. The van der Waals surface area contributed by atoms with E-state index in [0.717, 1.165) is 17.0 Å². The number of amidine groups is 1. The van der Waals surface area contributed by atoms with E-state index in [2.05, 4.69) is 211 Å². The van der Waals surface area contributed by atoms with Crippen LogP contribution in [0.4, 0.5) is 0 Å². The van der Waals surface area contributed by atoms with Gasteiger partial charge in [-0.05, 0) is 99.4 Å². The highest BCUT2D eigenvalue weighted by atomic mass is 15.3. The Kier molecular flexibility index (Phi) is 7.72. The monoisotopic (exact) mass is 715 g/mol. The summed E-state index contributed by atoms with van der Waals surface area (Å²) in [4.78, 5) is 5.40. The molecular formula is C53H37N3. The van der Waals surface area contributed by atoms with Gasteiger partial charge in [-0.2, -0.15) is 0 Å². The maximum atomic E-state index is 5.40. The lowest BCUT2D eigenvalue weighted by atomic mass is 9.89. The first-order valence-electron chi connectivity index (χ1n) is 19.4. The van der Waals surface area contributed by atoms with Crippen LogP contribution in [0.2, 0.25) is 0 Å². The predicted molar refractivity (Wildman–Crippen MR) is 236 cm³/mol. The third-order valence-electron chi connectivity index (χ3n) is 11.5. The maximum absolute atomic E-state index is 5.40. The lowest BCUT2D eigenvalue weighted by Crippen LogP contribution is -2.45. The summed E-state index contributed by atoms with van der Waals surface area (Å²) in [5.74, 6) is 0.862. The average molecular weight is 716 g/mol. The van der Waals surface area contributed by atoms with Crippen molar-refractivity contribution in [1.29, 1.82) is 0 Å². The molecule has 10 aromatic rings. The van der Waals surface area contributed by atoms with E-state index in [1.807, 2.05) is 0 Å². The maximum Gasteiger partial charge on any atom is 0.131 e. The fraction of sp³-hybridized carbons (Fsp3) is 0.0377. The Labute approximate surface area is 325 Å². The second-order valence-electron chi connectivity index (χ2n) is 14.8. The lowest BCUT2D eigenvalue weighted by Gasteiger charge is -2.33. The zero-order chi connectivity index (χ0) is 37.0. The van der Waals surface area contributed by atoms with Gasteiger partial charge in [0.1, 0.15) is 18.2 Å². The summed E-state index contributed by atoms with van der Waals surface area (Å²) >= 11 is 0. The molecule has 3 heteroatoms. The molecule has 0 saturated carbocycles. The second kappa shape index (κ2) is 13.3. The van der Waals surface area contributed by atoms with E-state index >= 15 is 0 Å². The molecule has 0 fully saturated rings. The van der Waals surface area contributed by atoms with Crippen molar-refractivity contribution < 1.29 is 0 Å². The normalized spacial score (nSPS) is 15.7. The molecule has 1 heterocycles. The van der Waals surface area contributed by atoms with E-state index in [4.69, 9.17) is 4.99 Å². The minimum Gasteiger partial charge on any atom is -0.350 e. The zero-order valence-corrected chi connectivity index (χ0v) is 30.7. The summed E-state index contributed by atoms with van der Waals surface area (Å²) in [7, 11) is 0. The summed E-state index contributed by atoms with van der Waals surface area (Å²) in [5, 5.41) is 20.3. The van der Waals surface area contributed by atoms with Crippen molar-refractivity contribution in [1.82, 2.24) is 10.6 Å². The van der Waals surface area contributed by atoms with Crippen molar-refractivity contribution in [2.45, 2.75) is 12.3 Å². The minimum atomic E-state index is -0.272. The molecule has 1 aliphatic rings. The van der Waals surface area contributed by atoms with Crippen LogP contribution in [-0.4, -0.2) is 5.84 Å². The van der Waals surface area contributed by atoms with Gasteiger partial charge in [0.05, 0.1) is 0 Å². The van der Waals surface area contributed by atoms with Crippen LogP contribution in [0.5, 0.6) is 0 Å². The average Bonchev–Trinajstić information content (AvgIpc) is 3.28. The van der Waals surface area contributed by atoms with E-state index in [1.54, 1.807) is 0 Å². The van der Waals surface area contributed by atoms with E-state index in [-0.39, 0.29) is 12.3 Å². The van der Waals surface area contributed by atoms with Crippen LogP contribution in [0.1, 0.15) is 29.0 Å². The Morgan fingerprint density at radius 1 is 0.375 bits per heavy atom. The lowest BCUT2D eigenvalue weighted by molar-refractivity contribution is 0.410. The molecule has 0 aliphatic carbocycles. The van der Waals surface area contributed by atoms with Gasteiger partial charge in [0.2, 0.25) is 0 Å². The first-order chi connectivity index (χ1) is 27.7. The van der Waals surface area contributed by atoms with Crippen molar-refractivity contribution in [2.24, 2.45) is 4.99 Å². The number of aliphatic imine (C=N–C) groups is 1. The number of rotatable bonds is 5. The van der Waals surface area contributed by atoms with Crippen LogP contribution in [-0.2, 0) is 0 Å². The standard InChI is InChI=1S/C53H37N3/c1-2-12-34(13-3-1)43-18-10-11-21-48(43)53-55-51(54-52(56-53)41-29-30-45-40(32-41)27-22-35-14-4-7-17-42(35)45)38-25-23-37(24-26-38)50-46-20-9-6-16-39(46)33-49-44-19-8-5-15-36(44)28-31-47(49)50/h1-33,52-53,56H,(H,54,55). The van der Waals surface area contributed by atoms with Crippen molar-refractivity contribution in [3.8, 4) is 22.3 Å². The fourth-order valence-electron chi connectivity index (χ4n) is 8.79. The second-order valence-corrected chi connectivity index (χ2v) is 14.8. The van der Waals surface area contributed by atoms with Crippen LogP contribution in [0.25, 0.3) is 76.1 Å². The van der Waals surface area contributed by atoms with Crippen molar-refractivity contribution >= 4 is 59.7 Å². The van der Waals surface area contributed by atoms with Gasteiger partial charge in [0, 0.05) is 5.56 Å². The molecule has 0 radical (unpaired) electrons. The molecule has 2 N–H and O–H groups in total. The van der Waals surface area contributed by atoms with Crippen LogP contribution in [0, 0.1) is 0 Å². The number of benzene rings is 10. The molecule has 0 spiro atoms. The van der Waals surface area contributed by atoms with Crippen molar-refractivity contribution in [3.63, 3.8) is 0 Å². The number of nitrogens with one attached hydrogen (secondary N) is 2. The molecule has 0 bridgehead atoms. The molecule has 3 nitrogen and oxygen atoms in total. The van der Waals surface area contributed by atoms with E-state index in [0.29, 0.717) is 0 Å². The third-order valence-corrected chi connectivity index (χ3v) is 11.5. The van der Waals surface area contributed by atoms with Gasteiger partial charge < -0.3 is 5.32 Å².